The lowest BCUT2D eigenvalue weighted by molar-refractivity contribution is 0.111. The van der Waals surface area contributed by atoms with Gasteiger partial charge in [-0.25, -0.2) is 14.0 Å². The molecule has 3 aromatic carbocycles. The van der Waals surface area contributed by atoms with E-state index >= 15 is 0 Å². The van der Waals surface area contributed by atoms with E-state index in [9.17, 15) is 5.11 Å². The third-order valence-electron chi connectivity index (χ3n) is 6.29. The molecular formula is C28H25N9O. The molecule has 38 heavy (non-hydrogen) atoms. The minimum Gasteiger partial charge on any atom is -0.372 e. The van der Waals surface area contributed by atoms with Crippen molar-refractivity contribution in [3.8, 4) is 0 Å². The predicted molar refractivity (Wildman–Crippen MR) is 139 cm³/mol. The van der Waals surface area contributed by atoms with Crippen LogP contribution < -0.4 is 0 Å². The molecule has 0 spiro atoms. The summed E-state index contributed by atoms with van der Waals surface area (Å²) in [6.45, 7) is 1.52. The van der Waals surface area contributed by atoms with E-state index in [-0.39, 0.29) is 17.1 Å². The zero-order valence-corrected chi connectivity index (χ0v) is 20.5. The van der Waals surface area contributed by atoms with E-state index in [4.69, 9.17) is 0 Å². The molecule has 3 heterocycles. The third kappa shape index (κ3) is 4.84. The molecule has 6 aromatic rings. The second-order valence-corrected chi connectivity index (χ2v) is 9.07. The predicted octanol–water partition coefficient (Wildman–Crippen LogP) is 2.89. The van der Waals surface area contributed by atoms with Crippen molar-refractivity contribution >= 4 is 0 Å². The van der Waals surface area contributed by atoms with Crippen LogP contribution in [0.3, 0.4) is 0 Å². The fraction of sp³-hybridized carbons (Fsp3) is 0.143. The molecular weight excluding hydrogens is 478 g/mol. The smallest absolute Gasteiger partial charge is 0.201 e. The van der Waals surface area contributed by atoms with E-state index < -0.39 is 5.60 Å². The molecule has 0 aliphatic rings. The van der Waals surface area contributed by atoms with Crippen molar-refractivity contribution in [2.24, 2.45) is 0 Å². The molecule has 0 aliphatic heterocycles. The van der Waals surface area contributed by atoms with Crippen LogP contribution in [-0.2, 0) is 25.2 Å². The number of rotatable bonds is 9. The first kappa shape index (κ1) is 23.4. The summed E-state index contributed by atoms with van der Waals surface area (Å²) in [6, 6.07) is 29.8. The molecule has 0 saturated heterocycles. The molecule has 0 atom stereocenters. The summed E-state index contributed by atoms with van der Waals surface area (Å²) in [5.41, 5.74) is 2.24. The Bertz CT molecular complexity index is 1420. The number of aliphatic hydroxyl groups is 1. The Hall–Kier alpha value is -4.96. The lowest BCUT2D eigenvalue weighted by Crippen LogP contribution is -2.30. The molecule has 0 amide bonds. The number of benzene rings is 3. The molecule has 0 fully saturated rings. The number of nitrogens with zero attached hydrogens (tertiary/aromatic N) is 9. The number of hydrogen-bond donors (Lipinski definition) is 1. The maximum Gasteiger partial charge on any atom is 0.201 e. The van der Waals surface area contributed by atoms with E-state index in [2.05, 4.69) is 30.9 Å². The van der Waals surface area contributed by atoms with Crippen LogP contribution in [0.1, 0.15) is 33.8 Å². The van der Waals surface area contributed by atoms with E-state index in [0.29, 0.717) is 19.6 Å². The maximum atomic E-state index is 12.2. The quantitative estimate of drug-likeness (QED) is 0.323. The summed E-state index contributed by atoms with van der Waals surface area (Å²) < 4.78 is 5.04. The van der Waals surface area contributed by atoms with Crippen molar-refractivity contribution in [1.82, 2.24) is 45.0 Å². The van der Waals surface area contributed by atoms with Gasteiger partial charge in [-0.05, 0) is 16.7 Å². The number of hydrogen-bond acceptors (Lipinski definition) is 7. The Morgan fingerprint density at radius 3 is 1.05 bits per heavy atom. The van der Waals surface area contributed by atoms with Gasteiger partial charge in [0.05, 0.1) is 38.2 Å². The highest BCUT2D eigenvalue weighted by molar-refractivity contribution is 5.35. The zero-order chi connectivity index (χ0) is 25.8. The molecule has 1 N–H and O–H groups in total. The van der Waals surface area contributed by atoms with Gasteiger partial charge >= 0.3 is 0 Å². The molecule has 10 nitrogen and oxygen atoms in total. The highest BCUT2D eigenvalue weighted by atomic mass is 16.3. The summed E-state index contributed by atoms with van der Waals surface area (Å²) >= 11 is 0. The van der Waals surface area contributed by atoms with Gasteiger partial charge in [0.1, 0.15) is 17.1 Å². The van der Waals surface area contributed by atoms with E-state index in [0.717, 1.165) is 16.7 Å². The van der Waals surface area contributed by atoms with E-state index in [1.807, 2.05) is 91.0 Å². The Labute approximate surface area is 218 Å². The molecule has 0 saturated carbocycles. The summed E-state index contributed by atoms with van der Waals surface area (Å²) in [6.07, 6.45) is 5.12. The minimum atomic E-state index is -1.81. The van der Waals surface area contributed by atoms with Gasteiger partial charge in [-0.15, -0.1) is 15.3 Å². The molecule has 0 radical (unpaired) electrons. The second kappa shape index (κ2) is 10.2. The highest BCUT2D eigenvalue weighted by Gasteiger charge is 2.42. The molecule has 6 rings (SSSR count). The Kier molecular flexibility index (Phi) is 6.29. The van der Waals surface area contributed by atoms with Crippen molar-refractivity contribution in [2.75, 3.05) is 0 Å². The summed E-state index contributed by atoms with van der Waals surface area (Å²) in [5.74, 6) is 0. The van der Waals surface area contributed by atoms with Gasteiger partial charge in [0.15, 0.2) is 0 Å². The lowest BCUT2D eigenvalue weighted by atomic mass is 9.93. The maximum absolute atomic E-state index is 12.2. The standard InChI is InChI=1S/C28H25N9O/c38-28(25-19-35(32-29-25)16-22-10-4-1-5-11-22,26-20-36(33-30-26)17-23-12-6-2-7-13-23)27-21-37(34-31-27)18-24-14-8-3-9-15-24/h1-15,19-21,38H,16-18H2. The summed E-state index contributed by atoms with van der Waals surface area (Å²) in [4.78, 5) is 0. The summed E-state index contributed by atoms with van der Waals surface area (Å²) in [7, 11) is 0. The van der Waals surface area contributed by atoms with Gasteiger partial charge in [0.25, 0.3) is 0 Å². The Morgan fingerprint density at radius 1 is 0.474 bits per heavy atom. The molecule has 3 aromatic heterocycles. The van der Waals surface area contributed by atoms with Crippen LogP contribution in [0.4, 0.5) is 0 Å². The van der Waals surface area contributed by atoms with Crippen LogP contribution in [0, 0.1) is 0 Å². The van der Waals surface area contributed by atoms with Crippen LogP contribution in [-0.4, -0.2) is 50.1 Å². The Morgan fingerprint density at radius 2 is 0.763 bits per heavy atom. The largest absolute Gasteiger partial charge is 0.372 e. The van der Waals surface area contributed by atoms with Crippen LogP contribution >= 0.6 is 0 Å². The average molecular weight is 504 g/mol. The average Bonchev–Trinajstić information content (AvgIpc) is 3.73. The number of aromatic nitrogens is 9. The monoisotopic (exact) mass is 503 g/mol. The first-order valence-corrected chi connectivity index (χ1v) is 12.2. The highest BCUT2D eigenvalue weighted by Crippen LogP contribution is 2.33. The van der Waals surface area contributed by atoms with Gasteiger partial charge in [-0.2, -0.15) is 0 Å². The van der Waals surface area contributed by atoms with Gasteiger partial charge in [0.2, 0.25) is 5.60 Å². The first-order valence-electron chi connectivity index (χ1n) is 12.2. The lowest BCUT2D eigenvalue weighted by Gasteiger charge is -2.20. The van der Waals surface area contributed by atoms with Gasteiger partial charge in [-0.3, -0.25) is 0 Å². The zero-order valence-electron chi connectivity index (χ0n) is 20.5. The van der Waals surface area contributed by atoms with Crippen LogP contribution in [0.25, 0.3) is 0 Å². The SMILES string of the molecule is OC(c1cn(Cc2ccccc2)nn1)(c1cn(Cc2ccccc2)nn1)c1cn(Cc2ccccc2)nn1. The molecule has 0 bridgehead atoms. The molecule has 10 heteroatoms. The topological polar surface area (TPSA) is 112 Å². The first-order chi connectivity index (χ1) is 18.7. The third-order valence-corrected chi connectivity index (χ3v) is 6.29. The molecule has 188 valence electrons. The van der Waals surface area contributed by atoms with E-state index in [1.54, 1.807) is 32.6 Å². The summed E-state index contributed by atoms with van der Waals surface area (Å²) in [5, 5.41) is 38.0. The second-order valence-electron chi connectivity index (χ2n) is 9.07. The molecule has 0 unspecified atom stereocenters. The van der Waals surface area contributed by atoms with E-state index in [1.165, 1.54) is 0 Å². The fourth-order valence-corrected chi connectivity index (χ4v) is 4.33. The van der Waals surface area contributed by atoms with Crippen molar-refractivity contribution in [3.63, 3.8) is 0 Å². The van der Waals surface area contributed by atoms with Gasteiger partial charge in [0, 0.05) is 0 Å². The fourth-order valence-electron chi connectivity index (χ4n) is 4.33. The molecule has 0 aliphatic carbocycles. The normalized spacial score (nSPS) is 11.6. The minimum absolute atomic E-state index is 0.284. The van der Waals surface area contributed by atoms with Crippen molar-refractivity contribution in [2.45, 2.75) is 25.2 Å². The van der Waals surface area contributed by atoms with Crippen LogP contribution in [0.5, 0.6) is 0 Å². The van der Waals surface area contributed by atoms with Crippen LogP contribution in [0.15, 0.2) is 110 Å². The van der Waals surface area contributed by atoms with Gasteiger partial charge in [-0.1, -0.05) is 107 Å². The Balaban J connectivity index is 1.35. The van der Waals surface area contributed by atoms with Crippen molar-refractivity contribution < 1.29 is 5.11 Å². The van der Waals surface area contributed by atoms with Crippen LogP contribution in [0.2, 0.25) is 0 Å². The van der Waals surface area contributed by atoms with Crippen molar-refractivity contribution in [1.29, 1.82) is 0 Å². The van der Waals surface area contributed by atoms with Crippen molar-refractivity contribution in [3.05, 3.63) is 143 Å². The van der Waals surface area contributed by atoms with Gasteiger partial charge < -0.3 is 5.11 Å².